The van der Waals surface area contributed by atoms with Gasteiger partial charge in [-0.05, 0) is 67.4 Å². The van der Waals surface area contributed by atoms with Crippen LogP contribution < -0.4 is 14.2 Å². The van der Waals surface area contributed by atoms with Crippen molar-refractivity contribution < 1.29 is 28.9 Å². The van der Waals surface area contributed by atoms with Crippen LogP contribution in [0.5, 0.6) is 17.2 Å². The fraction of sp³-hybridized carbons (Fsp3) is 0.241. The molecular weight excluding hydrogens is 494 g/mol. The molecule has 1 atom stereocenters. The largest absolute Gasteiger partial charge is 0.507 e. The number of aliphatic hydroxyl groups is 1. The van der Waals surface area contributed by atoms with Crippen molar-refractivity contribution in [2.24, 2.45) is 0 Å². The van der Waals surface area contributed by atoms with Crippen LogP contribution >= 0.6 is 11.6 Å². The quantitative estimate of drug-likeness (QED) is 0.219. The van der Waals surface area contributed by atoms with Gasteiger partial charge in [-0.3, -0.25) is 9.59 Å². The van der Waals surface area contributed by atoms with Crippen molar-refractivity contribution in [3.63, 3.8) is 0 Å². The Balaban J connectivity index is 1.85. The number of hydrogen-bond acceptors (Lipinski definition) is 6. The molecule has 0 aliphatic carbocycles. The lowest BCUT2D eigenvalue weighted by Gasteiger charge is -2.26. The number of carbonyl (C=O) groups is 2. The molecule has 3 aromatic carbocycles. The Kier molecular flexibility index (Phi) is 8.04. The molecule has 0 aromatic heterocycles. The molecule has 1 aliphatic heterocycles. The van der Waals surface area contributed by atoms with Gasteiger partial charge in [-0.2, -0.15) is 0 Å². The predicted molar refractivity (Wildman–Crippen MR) is 141 cm³/mol. The second-order valence-corrected chi connectivity index (χ2v) is 8.76. The van der Waals surface area contributed by atoms with Crippen LogP contribution in [-0.4, -0.2) is 42.0 Å². The second kappa shape index (κ2) is 11.4. The first kappa shape index (κ1) is 26.1. The molecule has 0 spiro atoms. The fourth-order valence-corrected chi connectivity index (χ4v) is 4.57. The smallest absolute Gasteiger partial charge is 0.295 e. The van der Waals surface area contributed by atoms with Crippen LogP contribution in [-0.2, 0) is 16.1 Å². The third-order valence-corrected chi connectivity index (χ3v) is 6.37. The van der Waals surface area contributed by atoms with Crippen molar-refractivity contribution in [3.05, 3.63) is 94.0 Å². The Bertz CT molecular complexity index is 1330. The number of benzene rings is 3. The Morgan fingerprint density at radius 2 is 1.57 bits per heavy atom. The van der Waals surface area contributed by atoms with Gasteiger partial charge in [0.2, 0.25) is 0 Å². The molecule has 4 rings (SSSR count). The van der Waals surface area contributed by atoms with Gasteiger partial charge >= 0.3 is 0 Å². The summed E-state index contributed by atoms with van der Waals surface area (Å²) in [6.45, 7) is 4.77. The summed E-state index contributed by atoms with van der Waals surface area (Å²) in [5.74, 6) is -0.110. The van der Waals surface area contributed by atoms with Crippen LogP contribution in [0.15, 0.2) is 72.3 Å². The van der Waals surface area contributed by atoms with Gasteiger partial charge in [0.25, 0.3) is 11.7 Å². The molecule has 1 N–H and O–H groups in total. The Labute approximate surface area is 220 Å². The first-order chi connectivity index (χ1) is 17.9. The lowest BCUT2D eigenvalue weighted by molar-refractivity contribution is -0.140. The molecule has 192 valence electrons. The van der Waals surface area contributed by atoms with Crippen LogP contribution in [0, 0.1) is 0 Å². The standard InChI is InChI=1S/C29H28ClNO6/c1-4-36-21-8-6-7-18(15-21)17-31-26(19-9-11-20(35-3)12-10-19)25(28(33)29(31)34)27(32)23-16-22(37-5-2)13-14-24(23)30/h6-16,26,32H,4-5,17H2,1-3H3/b27-25+. The number of amides is 1. The number of nitrogens with zero attached hydrogens (tertiary/aromatic N) is 1. The number of ketones is 1. The summed E-state index contributed by atoms with van der Waals surface area (Å²) in [6, 6.07) is 18.3. The average molecular weight is 522 g/mol. The lowest BCUT2D eigenvalue weighted by Crippen LogP contribution is -2.29. The Hall–Kier alpha value is -3.97. The van der Waals surface area contributed by atoms with E-state index in [2.05, 4.69) is 0 Å². The molecule has 0 radical (unpaired) electrons. The monoisotopic (exact) mass is 521 g/mol. The number of methoxy groups -OCH3 is 1. The van der Waals surface area contributed by atoms with E-state index in [-0.39, 0.29) is 28.5 Å². The third kappa shape index (κ3) is 5.42. The molecule has 37 heavy (non-hydrogen) atoms. The van der Waals surface area contributed by atoms with E-state index in [1.165, 1.54) is 4.90 Å². The number of hydrogen-bond donors (Lipinski definition) is 1. The highest BCUT2D eigenvalue weighted by Crippen LogP contribution is 2.42. The predicted octanol–water partition coefficient (Wildman–Crippen LogP) is 5.77. The van der Waals surface area contributed by atoms with E-state index in [1.807, 2.05) is 38.1 Å². The van der Waals surface area contributed by atoms with Crippen LogP contribution in [0.4, 0.5) is 0 Å². The molecule has 7 nitrogen and oxygen atoms in total. The van der Waals surface area contributed by atoms with Gasteiger partial charge in [0.05, 0.1) is 37.0 Å². The first-order valence-electron chi connectivity index (χ1n) is 11.9. The zero-order valence-corrected chi connectivity index (χ0v) is 21.6. The first-order valence-corrected chi connectivity index (χ1v) is 12.3. The summed E-state index contributed by atoms with van der Waals surface area (Å²) in [7, 11) is 1.56. The highest BCUT2D eigenvalue weighted by Gasteiger charge is 2.46. The van der Waals surface area contributed by atoms with Crippen molar-refractivity contribution >= 4 is 29.1 Å². The topological polar surface area (TPSA) is 85.3 Å². The summed E-state index contributed by atoms with van der Waals surface area (Å²) in [6.07, 6.45) is 0. The molecular formula is C29H28ClNO6. The zero-order chi connectivity index (χ0) is 26.5. The third-order valence-electron chi connectivity index (χ3n) is 6.04. The maximum atomic E-state index is 13.4. The summed E-state index contributed by atoms with van der Waals surface area (Å²) >= 11 is 6.41. The molecule has 1 saturated heterocycles. The maximum Gasteiger partial charge on any atom is 0.295 e. The van der Waals surface area contributed by atoms with Gasteiger partial charge in [0.1, 0.15) is 23.0 Å². The SMILES string of the molecule is CCOc1cccc(CN2C(=O)C(=O)/C(=C(/O)c3cc(OCC)ccc3Cl)C2c2ccc(OC)cc2)c1. The van der Waals surface area contributed by atoms with E-state index in [4.69, 9.17) is 25.8 Å². The van der Waals surface area contributed by atoms with Gasteiger partial charge in [-0.1, -0.05) is 35.9 Å². The minimum absolute atomic E-state index is 0.0494. The highest BCUT2D eigenvalue weighted by atomic mass is 35.5. The second-order valence-electron chi connectivity index (χ2n) is 8.36. The van der Waals surface area contributed by atoms with Crippen molar-refractivity contribution in [3.8, 4) is 17.2 Å². The Morgan fingerprint density at radius 1 is 0.919 bits per heavy atom. The van der Waals surface area contributed by atoms with Crippen LogP contribution in [0.2, 0.25) is 5.02 Å². The molecule has 3 aromatic rings. The van der Waals surface area contributed by atoms with Gasteiger partial charge < -0.3 is 24.2 Å². The van der Waals surface area contributed by atoms with E-state index < -0.39 is 17.7 Å². The van der Waals surface area contributed by atoms with E-state index in [9.17, 15) is 14.7 Å². The molecule has 8 heteroatoms. The van der Waals surface area contributed by atoms with Crippen LogP contribution in [0.1, 0.15) is 36.6 Å². The molecule has 1 amide bonds. The van der Waals surface area contributed by atoms with Crippen molar-refractivity contribution in [2.75, 3.05) is 20.3 Å². The van der Waals surface area contributed by atoms with Crippen molar-refractivity contribution in [1.82, 2.24) is 4.90 Å². The number of likely N-dealkylation sites (tertiary alicyclic amines) is 1. The van der Waals surface area contributed by atoms with E-state index in [0.717, 1.165) is 5.56 Å². The van der Waals surface area contributed by atoms with E-state index in [0.29, 0.717) is 36.0 Å². The lowest BCUT2D eigenvalue weighted by atomic mass is 9.95. The number of halogens is 1. The van der Waals surface area contributed by atoms with Crippen LogP contribution in [0.25, 0.3) is 5.76 Å². The zero-order valence-electron chi connectivity index (χ0n) is 20.9. The number of Topliss-reactive ketones (excluding diaryl/α,β-unsaturated/α-hetero) is 1. The fourth-order valence-electron chi connectivity index (χ4n) is 4.36. The number of ether oxygens (including phenoxy) is 3. The van der Waals surface area contributed by atoms with Gasteiger partial charge in [-0.25, -0.2) is 0 Å². The van der Waals surface area contributed by atoms with Crippen molar-refractivity contribution in [2.45, 2.75) is 26.4 Å². The van der Waals surface area contributed by atoms with Crippen molar-refractivity contribution in [1.29, 1.82) is 0 Å². The minimum Gasteiger partial charge on any atom is -0.507 e. The minimum atomic E-state index is -0.853. The molecule has 1 unspecified atom stereocenters. The number of carbonyl (C=O) groups excluding carboxylic acids is 2. The molecule has 0 bridgehead atoms. The molecule has 1 aliphatic rings. The number of rotatable bonds is 9. The number of aliphatic hydroxyl groups excluding tert-OH is 1. The molecule has 1 fully saturated rings. The highest BCUT2D eigenvalue weighted by molar-refractivity contribution is 6.47. The Morgan fingerprint density at radius 3 is 2.22 bits per heavy atom. The maximum absolute atomic E-state index is 13.4. The summed E-state index contributed by atoms with van der Waals surface area (Å²) < 4.78 is 16.4. The van der Waals surface area contributed by atoms with Crippen LogP contribution in [0.3, 0.4) is 0 Å². The molecule has 0 saturated carbocycles. The summed E-state index contributed by atoms with van der Waals surface area (Å²) in [4.78, 5) is 28.2. The van der Waals surface area contributed by atoms with Gasteiger partial charge in [0, 0.05) is 12.1 Å². The van der Waals surface area contributed by atoms with E-state index >= 15 is 0 Å². The molecule has 1 heterocycles. The summed E-state index contributed by atoms with van der Waals surface area (Å²) in [5.41, 5.74) is 1.58. The average Bonchev–Trinajstić information content (AvgIpc) is 3.15. The van der Waals surface area contributed by atoms with Gasteiger partial charge in [-0.15, -0.1) is 0 Å². The normalized spacial score (nSPS) is 16.6. The van der Waals surface area contributed by atoms with Gasteiger partial charge in [0.15, 0.2) is 0 Å². The van der Waals surface area contributed by atoms with E-state index in [1.54, 1.807) is 49.6 Å². The summed E-state index contributed by atoms with van der Waals surface area (Å²) in [5, 5.41) is 11.6.